The molecule has 5 rings (SSSR count). The van der Waals surface area contributed by atoms with Gasteiger partial charge in [-0.15, -0.1) is 0 Å². The summed E-state index contributed by atoms with van der Waals surface area (Å²) in [7, 11) is 0. The molecule has 2 aromatic carbocycles. The fourth-order valence-corrected chi connectivity index (χ4v) is 4.74. The number of hydrogen-bond donors (Lipinski definition) is 1. The van der Waals surface area contributed by atoms with Crippen LogP contribution in [0.25, 0.3) is 28.3 Å². The van der Waals surface area contributed by atoms with Crippen molar-refractivity contribution in [3.8, 4) is 28.3 Å². The van der Waals surface area contributed by atoms with E-state index in [0.717, 1.165) is 4.68 Å². The van der Waals surface area contributed by atoms with Crippen LogP contribution in [0.3, 0.4) is 0 Å². The lowest BCUT2D eigenvalue weighted by molar-refractivity contribution is -0.143. The summed E-state index contributed by atoms with van der Waals surface area (Å²) in [5.74, 6) is 0.654. The van der Waals surface area contributed by atoms with E-state index in [9.17, 15) is 31.1 Å². The van der Waals surface area contributed by atoms with Gasteiger partial charge in [0.1, 0.15) is 28.9 Å². The van der Waals surface area contributed by atoms with Crippen molar-refractivity contribution in [2.45, 2.75) is 52.4 Å². The lowest BCUT2D eigenvalue weighted by Crippen LogP contribution is -2.17. The van der Waals surface area contributed by atoms with Crippen molar-refractivity contribution in [3.63, 3.8) is 0 Å². The van der Waals surface area contributed by atoms with Gasteiger partial charge in [0, 0.05) is 27.6 Å². The molecule has 6 nitrogen and oxygen atoms in total. The van der Waals surface area contributed by atoms with Crippen molar-refractivity contribution in [1.82, 2.24) is 9.78 Å². The number of alkyl halides is 6. The Morgan fingerprint density at radius 1 is 0.822 bits per heavy atom. The van der Waals surface area contributed by atoms with Gasteiger partial charge >= 0.3 is 12.4 Å². The third kappa shape index (κ3) is 6.65. The maximum atomic E-state index is 13.7. The largest absolute Gasteiger partial charge is 0.465 e. The second kappa shape index (κ2) is 11.2. The zero-order chi connectivity index (χ0) is 33.1. The second-order valence-corrected chi connectivity index (χ2v) is 11.9. The number of carbonyl (C=O) groups excluding carboxylic acids is 1. The minimum absolute atomic E-state index is 0.0229. The van der Waals surface area contributed by atoms with E-state index in [1.165, 1.54) is 12.1 Å². The summed E-state index contributed by atoms with van der Waals surface area (Å²) in [6, 6.07) is 12.3. The third-order valence-electron chi connectivity index (χ3n) is 6.99. The van der Waals surface area contributed by atoms with Crippen LogP contribution in [0.5, 0.6) is 0 Å². The summed E-state index contributed by atoms with van der Waals surface area (Å²) >= 11 is 5.96. The molecule has 0 saturated heterocycles. The van der Waals surface area contributed by atoms with Gasteiger partial charge < -0.3 is 14.2 Å². The number of hydrogen-bond acceptors (Lipinski definition) is 4. The van der Waals surface area contributed by atoms with E-state index in [1.54, 1.807) is 44.2 Å². The molecule has 0 unspecified atom stereocenters. The summed E-state index contributed by atoms with van der Waals surface area (Å²) in [6.07, 6.45) is -10.2. The van der Waals surface area contributed by atoms with Crippen LogP contribution in [0.1, 0.15) is 59.5 Å². The quantitative estimate of drug-likeness (QED) is 0.192. The number of aryl methyl sites for hydroxylation is 2. The van der Waals surface area contributed by atoms with Crippen molar-refractivity contribution >= 4 is 23.3 Å². The highest BCUT2D eigenvalue weighted by atomic mass is 35.5. The smallest absolute Gasteiger partial charge is 0.416 e. The lowest BCUT2D eigenvalue weighted by Gasteiger charge is -2.15. The molecule has 0 radical (unpaired) electrons. The Morgan fingerprint density at radius 2 is 1.42 bits per heavy atom. The Labute approximate surface area is 258 Å². The molecule has 0 saturated carbocycles. The highest BCUT2D eigenvalue weighted by molar-refractivity contribution is 6.30. The number of nitrogens with zero attached hydrogens (tertiary/aromatic N) is 2. The van der Waals surface area contributed by atoms with Gasteiger partial charge in [-0.3, -0.25) is 4.79 Å². The predicted molar refractivity (Wildman–Crippen MR) is 157 cm³/mol. The van der Waals surface area contributed by atoms with Crippen LogP contribution in [-0.2, 0) is 17.8 Å². The third-order valence-corrected chi connectivity index (χ3v) is 7.24. The van der Waals surface area contributed by atoms with Gasteiger partial charge in [-0.05, 0) is 68.4 Å². The molecule has 3 heterocycles. The molecule has 0 bridgehead atoms. The molecule has 45 heavy (non-hydrogen) atoms. The average molecular weight is 650 g/mol. The van der Waals surface area contributed by atoms with Gasteiger partial charge in [0.2, 0.25) is 0 Å². The first-order valence-corrected chi connectivity index (χ1v) is 13.9. The van der Waals surface area contributed by atoms with Gasteiger partial charge in [0.15, 0.2) is 0 Å². The Kier molecular flexibility index (Phi) is 7.93. The molecular formula is C32H26ClF6N3O3. The number of benzene rings is 2. The number of nitrogens with one attached hydrogen (secondary N) is 1. The Bertz CT molecular complexity index is 1860. The number of aromatic nitrogens is 2. The molecule has 13 heteroatoms. The van der Waals surface area contributed by atoms with Crippen molar-refractivity contribution in [3.05, 3.63) is 99.7 Å². The zero-order valence-electron chi connectivity index (χ0n) is 24.5. The van der Waals surface area contributed by atoms with Crippen LogP contribution in [0.2, 0.25) is 5.02 Å². The molecule has 0 aliphatic carbocycles. The van der Waals surface area contributed by atoms with Crippen molar-refractivity contribution < 1.29 is 40.0 Å². The van der Waals surface area contributed by atoms with E-state index in [-0.39, 0.29) is 28.9 Å². The Balaban J connectivity index is 1.64. The van der Waals surface area contributed by atoms with E-state index in [2.05, 4.69) is 10.4 Å². The number of halogens is 7. The van der Waals surface area contributed by atoms with E-state index < -0.39 is 40.5 Å². The summed E-state index contributed by atoms with van der Waals surface area (Å²) < 4.78 is 94.9. The Hall–Kier alpha value is -4.45. The maximum absolute atomic E-state index is 13.7. The highest BCUT2D eigenvalue weighted by Gasteiger charge is 2.37. The van der Waals surface area contributed by atoms with Crippen molar-refractivity contribution in [2.24, 2.45) is 0 Å². The van der Waals surface area contributed by atoms with E-state index in [1.807, 2.05) is 20.8 Å². The van der Waals surface area contributed by atoms with Crippen molar-refractivity contribution in [1.29, 1.82) is 0 Å². The molecule has 3 aromatic heterocycles. The lowest BCUT2D eigenvalue weighted by atomic mass is 9.93. The molecule has 1 N–H and O–H groups in total. The predicted octanol–water partition coefficient (Wildman–Crippen LogP) is 10.2. The van der Waals surface area contributed by atoms with Crippen LogP contribution in [0.4, 0.5) is 32.2 Å². The fraction of sp³-hybridized carbons (Fsp3) is 0.250. The molecule has 236 valence electrons. The number of amides is 1. The summed E-state index contributed by atoms with van der Waals surface area (Å²) in [5.41, 5.74) is -2.73. The van der Waals surface area contributed by atoms with Gasteiger partial charge in [0.25, 0.3) is 5.91 Å². The van der Waals surface area contributed by atoms with Crippen LogP contribution in [0, 0.1) is 13.8 Å². The first-order chi connectivity index (χ1) is 20.8. The summed E-state index contributed by atoms with van der Waals surface area (Å²) in [4.78, 5) is 13.5. The fourth-order valence-electron chi connectivity index (χ4n) is 4.61. The molecular weight excluding hydrogens is 624 g/mol. The molecule has 0 atom stereocenters. The summed E-state index contributed by atoms with van der Waals surface area (Å²) in [5, 5.41) is 7.44. The van der Waals surface area contributed by atoms with Gasteiger partial charge in [0.05, 0.1) is 28.1 Å². The molecule has 1 amide bonds. The molecule has 0 spiro atoms. The standard InChI is InChI=1S/C32H26ClF6N3O3/c1-16-23(14-27(45-16)30(3,4)5)25-15-28(40-29(43)24-13-26(44-17(24)2)18-6-8-21(33)9-7-18)42(41-25)22-11-19(31(34,35)36)10-20(12-22)32(37,38)39/h6-15H,1-5H3,(H,40,43). The average Bonchev–Trinajstić information content (AvgIpc) is 3.64. The first-order valence-electron chi connectivity index (χ1n) is 13.5. The number of carbonyl (C=O) groups is 1. The minimum atomic E-state index is -5.09. The number of furan rings is 2. The van der Waals surface area contributed by atoms with Gasteiger partial charge in [-0.1, -0.05) is 32.4 Å². The van der Waals surface area contributed by atoms with Crippen LogP contribution >= 0.6 is 11.6 Å². The zero-order valence-corrected chi connectivity index (χ0v) is 25.3. The van der Waals surface area contributed by atoms with E-state index in [0.29, 0.717) is 45.6 Å². The highest BCUT2D eigenvalue weighted by Crippen LogP contribution is 2.39. The molecule has 0 aliphatic rings. The minimum Gasteiger partial charge on any atom is -0.465 e. The second-order valence-electron chi connectivity index (χ2n) is 11.5. The van der Waals surface area contributed by atoms with E-state index in [4.69, 9.17) is 20.4 Å². The van der Waals surface area contributed by atoms with Crippen LogP contribution in [0.15, 0.2) is 69.5 Å². The normalized spacial score (nSPS) is 12.5. The first kappa shape index (κ1) is 32.0. The molecule has 0 fully saturated rings. The van der Waals surface area contributed by atoms with Gasteiger partial charge in [-0.25, -0.2) is 4.68 Å². The SMILES string of the molecule is Cc1oc(-c2ccc(Cl)cc2)cc1C(=O)Nc1cc(-c2cc(C(C)(C)C)oc2C)nn1-c1cc(C(F)(F)F)cc(C(F)(F)F)c1. The van der Waals surface area contributed by atoms with E-state index >= 15 is 0 Å². The topological polar surface area (TPSA) is 73.2 Å². The summed E-state index contributed by atoms with van der Waals surface area (Å²) in [6.45, 7) is 8.92. The molecule has 5 aromatic rings. The monoisotopic (exact) mass is 649 g/mol. The maximum Gasteiger partial charge on any atom is 0.416 e. The number of anilines is 1. The van der Waals surface area contributed by atoms with Crippen molar-refractivity contribution in [2.75, 3.05) is 5.32 Å². The van der Waals surface area contributed by atoms with Crippen LogP contribution < -0.4 is 5.32 Å². The Morgan fingerprint density at radius 3 is 1.96 bits per heavy atom. The molecule has 0 aliphatic heterocycles. The van der Waals surface area contributed by atoms with Crippen LogP contribution in [-0.4, -0.2) is 15.7 Å². The van der Waals surface area contributed by atoms with Gasteiger partial charge in [-0.2, -0.15) is 31.4 Å². The number of rotatable bonds is 5.